The van der Waals surface area contributed by atoms with Crippen LogP contribution in [0, 0.1) is 17.0 Å². The number of methoxy groups -OCH3 is 1. The molecule has 0 saturated carbocycles. The molecule has 0 aliphatic rings. The predicted octanol–water partition coefficient (Wildman–Crippen LogP) is 4.64. The Hall–Kier alpha value is -3.21. The first-order valence-electron chi connectivity index (χ1n) is 7.45. The third kappa shape index (κ3) is 3.10. The van der Waals surface area contributed by atoms with Crippen molar-refractivity contribution in [3.8, 4) is 28.3 Å². The van der Waals surface area contributed by atoms with Crippen LogP contribution < -0.4 is 4.74 Å². The van der Waals surface area contributed by atoms with E-state index in [0.717, 1.165) is 11.1 Å². The van der Waals surface area contributed by atoms with Gasteiger partial charge in [0.25, 0.3) is 5.69 Å². The van der Waals surface area contributed by atoms with Crippen LogP contribution in [-0.2, 0) is 0 Å². The number of hydrogen-bond donors (Lipinski definition) is 0. The van der Waals surface area contributed by atoms with Crippen LogP contribution in [-0.4, -0.2) is 17.0 Å². The maximum atomic E-state index is 11.0. The summed E-state index contributed by atoms with van der Waals surface area (Å²) in [6.07, 6.45) is 0. The molecule has 0 spiro atoms. The van der Waals surface area contributed by atoms with Crippen molar-refractivity contribution >= 4 is 5.69 Å². The topological polar surface area (TPSA) is 65.3 Å². The van der Waals surface area contributed by atoms with Gasteiger partial charge in [0.2, 0.25) is 0 Å². The number of benzene rings is 2. The molecule has 0 unspecified atom stereocenters. The summed E-state index contributed by atoms with van der Waals surface area (Å²) in [7, 11) is 1.60. The van der Waals surface area contributed by atoms with Crippen LogP contribution in [0.15, 0.2) is 60.7 Å². The van der Waals surface area contributed by atoms with Gasteiger partial charge in [-0.25, -0.2) is 4.98 Å². The Balaban J connectivity index is 2.11. The normalized spacial score (nSPS) is 10.4. The van der Waals surface area contributed by atoms with Crippen LogP contribution in [0.4, 0.5) is 5.69 Å². The summed E-state index contributed by atoms with van der Waals surface area (Å²) in [5, 5.41) is 11.0. The third-order valence-corrected chi connectivity index (χ3v) is 3.76. The highest BCUT2D eigenvalue weighted by Crippen LogP contribution is 2.32. The van der Waals surface area contributed by atoms with Gasteiger partial charge in [-0.1, -0.05) is 42.0 Å². The molecule has 0 N–H and O–H groups in total. The fourth-order valence-electron chi connectivity index (χ4n) is 2.47. The highest BCUT2D eigenvalue weighted by atomic mass is 16.6. The third-order valence-electron chi connectivity index (χ3n) is 3.76. The Kier molecular flexibility index (Phi) is 4.24. The van der Waals surface area contributed by atoms with Gasteiger partial charge in [0.05, 0.1) is 17.7 Å². The molecule has 120 valence electrons. The van der Waals surface area contributed by atoms with E-state index in [1.54, 1.807) is 25.3 Å². The van der Waals surface area contributed by atoms with E-state index in [1.807, 2.05) is 37.3 Å². The van der Waals surface area contributed by atoms with E-state index in [4.69, 9.17) is 4.74 Å². The molecule has 5 nitrogen and oxygen atoms in total. The summed E-state index contributed by atoms with van der Waals surface area (Å²) in [4.78, 5) is 15.2. The molecule has 1 aromatic heterocycles. The molecule has 0 amide bonds. The molecule has 0 saturated heterocycles. The minimum absolute atomic E-state index is 0.0435. The zero-order valence-corrected chi connectivity index (χ0v) is 13.4. The fourth-order valence-corrected chi connectivity index (χ4v) is 2.47. The van der Waals surface area contributed by atoms with Gasteiger partial charge in [-0.05, 0) is 19.1 Å². The van der Waals surface area contributed by atoms with Gasteiger partial charge in [-0.2, -0.15) is 0 Å². The molecule has 0 aliphatic heterocycles. The maximum absolute atomic E-state index is 11.0. The van der Waals surface area contributed by atoms with Gasteiger partial charge >= 0.3 is 0 Å². The number of nitrogens with zero attached hydrogens (tertiary/aromatic N) is 2. The lowest BCUT2D eigenvalue weighted by Gasteiger charge is -2.10. The first-order chi connectivity index (χ1) is 11.6. The highest BCUT2D eigenvalue weighted by molar-refractivity contribution is 5.72. The SMILES string of the molecule is COc1ccc(-c2cccc([N+](=O)[O-])c2)nc1-c1ccc(C)cc1. The summed E-state index contributed by atoms with van der Waals surface area (Å²) in [6.45, 7) is 2.02. The Labute approximate surface area is 139 Å². The van der Waals surface area contributed by atoms with Gasteiger partial charge in [0.15, 0.2) is 0 Å². The van der Waals surface area contributed by atoms with E-state index in [1.165, 1.54) is 12.1 Å². The largest absolute Gasteiger partial charge is 0.494 e. The predicted molar refractivity (Wildman–Crippen MR) is 93.1 cm³/mol. The second kappa shape index (κ2) is 6.50. The number of aryl methyl sites for hydroxylation is 1. The van der Waals surface area contributed by atoms with E-state index in [2.05, 4.69) is 4.98 Å². The van der Waals surface area contributed by atoms with Crippen molar-refractivity contribution in [1.29, 1.82) is 0 Å². The number of nitro groups is 1. The highest BCUT2D eigenvalue weighted by Gasteiger charge is 2.12. The molecule has 0 aliphatic carbocycles. The van der Waals surface area contributed by atoms with E-state index in [-0.39, 0.29) is 5.69 Å². The molecule has 24 heavy (non-hydrogen) atoms. The Morgan fingerprint density at radius 3 is 2.42 bits per heavy atom. The van der Waals surface area contributed by atoms with Crippen LogP contribution in [0.2, 0.25) is 0 Å². The van der Waals surface area contributed by atoms with E-state index < -0.39 is 4.92 Å². The average molecular weight is 320 g/mol. The molecule has 3 rings (SSSR count). The molecule has 3 aromatic rings. The van der Waals surface area contributed by atoms with Crippen molar-refractivity contribution in [2.75, 3.05) is 7.11 Å². The Morgan fingerprint density at radius 1 is 1.00 bits per heavy atom. The second-order valence-electron chi connectivity index (χ2n) is 5.42. The molecule has 5 heteroatoms. The minimum atomic E-state index is -0.409. The number of rotatable bonds is 4. The van der Waals surface area contributed by atoms with Crippen molar-refractivity contribution in [3.05, 3.63) is 76.3 Å². The molecule has 0 radical (unpaired) electrons. The van der Waals surface area contributed by atoms with Crippen molar-refractivity contribution in [3.63, 3.8) is 0 Å². The van der Waals surface area contributed by atoms with Crippen molar-refractivity contribution in [2.24, 2.45) is 0 Å². The fraction of sp³-hybridized carbons (Fsp3) is 0.105. The smallest absolute Gasteiger partial charge is 0.270 e. The summed E-state index contributed by atoms with van der Waals surface area (Å²) in [6, 6.07) is 18.1. The van der Waals surface area contributed by atoms with Gasteiger partial charge in [0.1, 0.15) is 11.4 Å². The zero-order chi connectivity index (χ0) is 17.1. The quantitative estimate of drug-likeness (QED) is 0.519. The number of hydrogen-bond acceptors (Lipinski definition) is 4. The summed E-state index contributed by atoms with van der Waals surface area (Å²) in [5.41, 5.74) is 4.20. The van der Waals surface area contributed by atoms with Crippen molar-refractivity contribution in [1.82, 2.24) is 4.98 Å². The van der Waals surface area contributed by atoms with Gasteiger partial charge < -0.3 is 4.74 Å². The summed E-state index contributed by atoms with van der Waals surface area (Å²) < 4.78 is 5.41. The van der Waals surface area contributed by atoms with Crippen LogP contribution in [0.3, 0.4) is 0 Å². The lowest BCUT2D eigenvalue weighted by atomic mass is 10.1. The van der Waals surface area contributed by atoms with Crippen molar-refractivity contribution < 1.29 is 9.66 Å². The number of non-ortho nitro benzene ring substituents is 1. The summed E-state index contributed by atoms with van der Waals surface area (Å²) >= 11 is 0. The lowest BCUT2D eigenvalue weighted by molar-refractivity contribution is -0.384. The number of pyridine rings is 1. The van der Waals surface area contributed by atoms with Crippen LogP contribution in [0.1, 0.15) is 5.56 Å². The standard InChI is InChI=1S/C19H16N2O3/c1-13-6-8-14(9-7-13)19-18(24-2)11-10-17(20-19)15-4-3-5-16(12-15)21(22)23/h3-12H,1-2H3. The monoisotopic (exact) mass is 320 g/mol. The average Bonchev–Trinajstić information content (AvgIpc) is 2.62. The van der Waals surface area contributed by atoms with Gasteiger partial charge in [0, 0.05) is 23.3 Å². The molecule has 2 aromatic carbocycles. The summed E-state index contributed by atoms with van der Waals surface area (Å²) in [5.74, 6) is 0.660. The lowest BCUT2D eigenvalue weighted by Crippen LogP contribution is -1.94. The van der Waals surface area contributed by atoms with Gasteiger partial charge in [-0.3, -0.25) is 10.1 Å². The van der Waals surface area contributed by atoms with E-state index >= 15 is 0 Å². The first-order valence-corrected chi connectivity index (χ1v) is 7.45. The molecular formula is C19H16N2O3. The number of nitro benzene ring substituents is 1. The minimum Gasteiger partial charge on any atom is -0.494 e. The van der Waals surface area contributed by atoms with Gasteiger partial charge in [-0.15, -0.1) is 0 Å². The zero-order valence-electron chi connectivity index (χ0n) is 13.4. The molecule has 0 atom stereocenters. The maximum Gasteiger partial charge on any atom is 0.270 e. The van der Waals surface area contributed by atoms with Crippen LogP contribution in [0.5, 0.6) is 5.75 Å². The van der Waals surface area contributed by atoms with Crippen LogP contribution >= 0.6 is 0 Å². The molecule has 0 fully saturated rings. The van der Waals surface area contributed by atoms with E-state index in [0.29, 0.717) is 22.7 Å². The van der Waals surface area contributed by atoms with Crippen molar-refractivity contribution in [2.45, 2.75) is 6.92 Å². The van der Waals surface area contributed by atoms with E-state index in [9.17, 15) is 10.1 Å². The second-order valence-corrected chi connectivity index (χ2v) is 5.42. The molecular weight excluding hydrogens is 304 g/mol. The number of aromatic nitrogens is 1. The number of ether oxygens (including phenoxy) is 1. The first kappa shape index (κ1) is 15.7. The Bertz CT molecular complexity index is 889. The Morgan fingerprint density at radius 2 is 1.75 bits per heavy atom. The molecule has 0 bridgehead atoms. The molecule has 1 heterocycles. The van der Waals surface area contributed by atoms with Crippen LogP contribution in [0.25, 0.3) is 22.5 Å².